The van der Waals surface area contributed by atoms with Crippen molar-refractivity contribution in [1.29, 1.82) is 0 Å². The Morgan fingerprint density at radius 2 is 2.11 bits per heavy atom. The highest BCUT2D eigenvalue weighted by Gasteiger charge is 2.21. The van der Waals surface area contributed by atoms with Gasteiger partial charge in [-0.15, -0.1) is 0 Å². The summed E-state index contributed by atoms with van der Waals surface area (Å²) in [6.07, 6.45) is 0.750. The monoisotopic (exact) mass is 262 g/mol. The zero-order valence-electron chi connectivity index (χ0n) is 11.9. The van der Waals surface area contributed by atoms with Crippen LogP contribution in [-0.4, -0.2) is 37.7 Å². The molecule has 0 saturated carbocycles. The second kappa shape index (κ2) is 6.06. The third-order valence-electron chi connectivity index (χ3n) is 3.65. The standard InChI is InChI=1S/C15H22N2O2/c1-11-5-4-6-12(2)14(11)16-15(18)19-10-13-7-8-17(3)9-13/h4-6,13H,7-10H2,1-3H3,(H,16,18). The van der Waals surface area contributed by atoms with Crippen LogP contribution in [0.1, 0.15) is 17.5 Å². The highest BCUT2D eigenvalue weighted by molar-refractivity contribution is 5.86. The minimum atomic E-state index is -0.355. The fourth-order valence-electron chi connectivity index (χ4n) is 2.51. The molecule has 0 bridgehead atoms. The average molecular weight is 262 g/mol. The lowest BCUT2D eigenvalue weighted by Crippen LogP contribution is -2.21. The zero-order chi connectivity index (χ0) is 13.8. The summed E-state index contributed by atoms with van der Waals surface area (Å²) in [6, 6.07) is 5.94. The number of aryl methyl sites for hydroxylation is 2. The number of nitrogens with zero attached hydrogens (tertiary/aromatic N) is 1. The average Bonchev–Trinajstić information content (AvgIpc) is 2.77. The van der Waals surface area contributed by atoms with Crippen LogP contribution in [0.2, 0.25) is 0 Å². The van der Waals surface area contributed by atoms with Crippen LogP contribution in [0.25, 0.3) is 0 Å². The molecule has 1 unspecified atom stereocenters. The molecule has 1 aliphatic rings. The number of para-hydroxylation sites is 1. The second-order valence-corrected chi connectivity index (χ2v) is 5.41. The Bertz CT molecular complexity index is 439. The number of anilines is 1. The Morgan fingerprint density at radius 1 is 1.42 bits per heavy atom. The van der Waals surface area contributed by atoms with Gasteiger partial charge >= 0.3 is 6.09 Å². The molecule has 2 rings (SSSR count). The molecule has 0 aromatic heterocycles. The van der Waals surface area contributed by atoms with Crippen LogP contribution in [0.15, 0.2) is 18.2 Å². The molecule has 104 valence electrons. The summed E-state index contributed by atoms with van der Waals surface area (Å²) >= 11 is 0. The first-order valence-corrected chi connectivity index (χ1v) is 6.75. The van der Waals surface area contributed by atoms with Crippen LogP contribution in [-0.2, 0) is 4.74 Å². The number of ether oxygens (including phenoxy) is 1. The maximum absolute atomic E-state index is 11.8. The number of benzene rings is 1. The molecule has 4 nitrogen and oxygen atoms in total. The lowest BCUT2D eigenvalue weighted by Gasteiger charge is -2.14. The SMILES string of the molecule is Cc1cccc(C)c1NC(=O)OCC1CCN(C)C1. The number of nitrogens with one attached hydrogen (secondary N) is 1. The van der Waals surface area contributed by atoms with E-state index in [4.69, 9.17) is 4.74 Å². The summed E-state index contributed by atoms with van der Waals surface area (Å²) < 4.78 is 5.31. The van der Waals surface area contributed by atoms with Gasteiger partial charge < -0.3 is 9.64 Å². The molecule has 1 aliphatic heterocycles. The predicted molar refractivity (Wildman–Crippen MR) is 76.5 cm³/mol. The van der Waals surface area contributed by atoms with E-state index in [9.17, 15) is 4.79 Å². The lowest BCUT2D eigenvalue weighted by molar-refractivity contribution is 0.142. The second-order valence-electron chi connectivity index (χ2n) is 5.41. The number of amides is 1. The molecule has 0 spiro atoms. The van der Waals surface area contributed by atoms with E-state index in [-0.39, 0.29) is 6.09 Å². The summed E-state index contributed by atoms with van der Waals surface area (Å²) in [5, 5.41) is 2.84. The van der Waals surface area contributed by atoms with Crippen LogP contribution in [0.5, 0.6) is 0 Å². The van der Waals surface area contributed by atoms with Gasteiger partial charge in [0.15, 0.2) is 0 Å². The van der Waals surface area contributed by atoms with Gasteiger partial charge in [-0.05, 0) is 45.0 Å². The number of rotatable bonds is 3. The molecule has 19 heavy (non-hydrogen) atoms. The molecule has 1 saturated heterocycles. The van der Waals surface area contributed by atoms with E-state index in [1.807, 2.05) is 32.0 Å². The van der Waals surface area contributed by atoms with Gasteiger partial charge in [-0.3, -0.25) is 5.32 Å². The van der Waals surface area contributed by atoms with E-state index in [0.717, 1.165) is 36.3 Å². The van der Waals surface area contributed by atoms with E-state index in [2.05, 4.69) is 17.3 Å². The summed E-state index contributed by atoms with van der Waals surface area (Å²) in [4.78, 5) is 14.1. The largest absolute Gasteiger partial charge is 0.449 e. The number of carbonyl (C=O) groups excluding carboxylic acids is 1. The van der Waals surface area contributed by atoms with Gasteiger partial charge in [0.2, 0.25) is 0 Å². The molecular weight excluding hydrogens is 240 g/mol. The molecule has 0 radical (unpaired) electrons. The highest BCUT2D eigenvalue weighted by atomic mass is 16.5. The number of carbonyl (C=O) groups is 1. The Labute approximate surface area is 114 Å². The molecule has 1 aromatic rings. The molecule has 1 aromatic carbocycles. The van der Waals surface area contributed by atoms with Crippen LogP contribution in [0.3, 0.4) is 0 Å². The summed E-state index contributed by atoms with van der Waals surface area (Å²) in [5.41, 5.74) is 2.96. The summed E-state index contributed by atoms with van der Waals surface area (Å²) in [5.74, 6) is 0.466. The first-order valence-electron chi connectivity index (χ1n) is 6.75. The summed E-state index contributed by atoms with van der Waals surface area (Å²) in [7, 11) is 2.09. The number of hydrogen-bond donors (Lipinski definition) is 1. The van der Waals surface area contributed by atoms with Gasteiger partial charge in [-0.2, -0.15) is 0 Å². The quantitative estimate of drug-likeness (QED) is 0.910. The Morgan fingerprint density at radius 3 is 2.68 bits per heavy atom. The van der Waals surface area contributed by atoms with Crippen LogP contribution in [0, 0.1) is 19.8 Å². The van der Waals surface area contributed by atoms with Gasteiger partial charge in [0.1, 0.15) is 0 Å². The first kappa shape index (κ1) is 13.9. The molecule has 1 fully saturated rings. The fraction of sp³-hybridized carbons (Fsp3) is 0.533. The fourth-order valence-corrected chi connectivity index (χ4v) is 2.51. The molecule has 4 heteroatoms. The van der Waals surface area contributed by atoms with Gasteiger partial charge in [-0.1, -0.05) is 18.2 Å². The molecular formula is C15H22N2O2. The van der Waals surface area contributed by atoms with Crippen molar-refractivity contribution in [2.75, 3.05) is 32.1 Å². The lowest BCUT2D eigenvalue weighted by atomic mass is 10.1. The third kappa shape index (κ3) is 3.70. The highest BCUT2D eigenvalue weighted by Crippen LogP contribution is 2.20. The van der Waals surface area contributed by atoms with Crippen LogP contribution in [0.4, 0.5) is 10.5 Å². The maximum Gasteiger partial charge on any atom is 0.411 e. The van der Waals surface area contributed by atoms with Crippen molar-refractivity contribution in [2.24, 2.45) is 5.92 Å². The summed E-state index contributed by atoms with van der Waals surface area (Å²) in [6.45, 7) is 6.56. The first-order chi connectivity index (χ1) is 9.06. The van der Waals surface area contributed by atoms with Crippen molar-refractivity contribution in [1.82, 2.24) is 4.90 Å². The van der Waals surface area contributed by atoms with E-state index in [1.54, 1.807) is 0 Å². The van der Waals surface area contributed by atoms with E-state index in [1.165, 1.54) is 0 Å². The Kier molecular flexibility index (Phi) is 4.43. The van der Waals surface area contributed by atoms with Crippen molar-refractivity contribution in [3.63, 3.8) is 0 Å². The van der Waals surface area contributed by atoms with Crippen molar-refractivity contribution in [3.8, 4) is 0 Å². The van der Waals surface area contributed by atoms with Gasteiger partial charge in [0.05, 0.1) is 6.61 Å². The van der Waals surface area contributed by atoms with Crippen molar-refractivity contribution in [3.05, 3.63) is 29.3 Å². The van der Waals surface area contributed by atoms with Crippen LogP contribution >= 0.6 is 0 Å². The Balaban J connectivity index is 1.84. The Hall–Kier alpha value is -1.55. The van der Waals surface area contributed by atoms with Crippen LogP contribution < -0.4 is 5.32 Å². The van der Waals surface area contributed by atoms with Crippen molar-refractivity contribution in [2.45, 2.75) is 20.3 Å². The van der Waals surface area contributed by atoms with Gasteiger partial charge in [-0.25, -0.2) is 4.79 Å². The molecule has 0 aliphatic carbocycles. The van der Waals surface area contributed by atoms with Gasteiger partial charge in [0, 0.05) is 18.2 Å². The van der Waals surface area contributed by atoms with E-state index >= 15 is 0 Å². The normalized spacial score (nSPS) is 19.4. The predicted octanol–water partition coefficient (Wildman–Crippen LogP) is 2.80. The molecule has 1 amide bonds. The minimum absolute atomic E-state index is 0.355. The molecule has 1 atom stereocenters. The molecule has 1 N–H and O–H groups in total. The van der Waals surface area contributed by atoms with Gasteiger partial charge in [0.25, 0.3) is 0 Å². The van der Waals surface area contributed by atoms with Crippen molar-refractivity contribution >= 4 is 11.8 Å². The van der Waals surface area contributed by atoms with Crippen molar-refractivity contribution < 1.29 is 9.53 Å². The number of hydrogen-bond acceptors (Lipinski definition) is 3. The minimum Gasteiger partial charge on any atom is -0.449 e. The third-order valence-corrected chi connectivity index (χ3v) is 3.65. The van der Waals surface area contributed by atoms with E-state index < -0.39 is 0 Å². The maximum atomic E-state index is 11.8. The van der Waals surface area contributed by atoms with E-state index in [0.29, 0.717) is 12.5 Å². The zero-order valence-corrected chi connectivity index (χ0v) is 11.9. The topological polar surface area (TPSA) is 41.6 Å². The number of likely N-dealkylation sites (tertiary alicyclic amines) is 1. The smallest absolute Gasteiger partial charge is 0.411 e. The molecule has 1 heterocycles.